The Morgan fingerprint density at radius 1 is 1.35 bits per heavy atom. The van der Waals surface area contributed by atoms with Gasteiger partial charge in [0.1, 0.15) is 5.75 Å². The van der Waals surface area contributed by atoms with Crippen molar-refractivity contribution in [2.75, 3.05) is 26.9 Å². The van der Waals surface area contributed by atoms with Crippen LogP contribution < -0.4 is 4.74 Å². The molecule has 4 heteroatoms. The van der Waals surface area contributed by atoms with Crippen molar-refractivity contribution in [2.24, 2.45) is 5.92 Å². The van der Waals surface area contributed by atoms with Crippen LogP contribution in [0.15, 0.2) is 24.3 Å². The first-order valence-corrected chi connectivity index (χ1v) is 7.31. The maximum Gasteiger partial charge on any atom is 0.257 e. The molecule has 4 nitrogen and oxygen atoms in total. The second kappa shape index (κ2) is 5.83. The van der Waals surface area contributed by atoms with Crippen molar-refractivity contribution >= 4 is 5.91 Å². The first kappa shape index (κ1) is 13.4. The van der Waals surface area contributed by atoms with Crippen molar-refractivity contribution in [2.45, 2.75) is 25.3 Å². The second-order valence-electron chi connectivity index (χ2n) is 5.62. The number of hydrogen-bond acceptors (Lipinski definition) is 3. The topological polar surface area (TPSA) is 38.8 Å². The molecule has 1 heterocycles. The van der Waals surface area contributed by atoms with E-state index in [1.165, 1.54) is 0 Å². The molecule has 3 rings (SSSR count). The Balaban J connectivity index is 1.77. The maximum atomic E-state index is 12.8. The van der Waals surface area contributed by atoms with Crippen LogP contribution >= 0.6 is 0 Å². The fourth-order valence-electron chi connectivity index (χ4n) is 2.77. The van der Waals surface area contributed by atoms with E-state index in [0.29, 0.717) is 23.3 Å². The third-order valence-electron chi connectivity index (χ3n) is 4.06. The predicted molar refractivity (Wildman–Crippen MR) is 76.0 cm³/mol. The molecule has 20 heavy (non-hydrogen) atoms. The Bertz CT molecular complexity index is 478. The van der Waals surface area contributed by atoms with E-state index in [2.05, 4.69) is 0 Å². The van der Waals surface area contributed by atoms with E-state index >= 15 is 0 Å². The number of para-hydroxylation sites is 1. The van der Waals surface area contributed by atoms with Crippen LogP contribution in [-0.2, 0) is 4.74 Å². The molecular formula is C16H21NO3. The molecule has 1 saturated carbocycles. The summed E-state index contributed by atoms with van der Waals surface area (Å²) in [4.78, 5) is 14.8. The maximum absolute atomic E-state index is 12.8. The number of hydrogen-bond donors (Lipinski definition) is 0. The molecule has 1 aliphatic carbocycles. The molecular weight excluding hydrogens is 254 g/mol. The molecule has 0 aromatic heterocycles. The zero-order valence-electron chi connectivity index (χ0n) is 11.9. The lowest BCUT2D eigenvalue weighted by Gasteiger charge is -2.26. The Kier molecular flexibility index (Phi) is 3.92. The molecule has 1 unspecified atom stereocenters. The first-order chi connectivity index (χ1) is 9.79. The Morgan fingerprint density at radius 2 is 2.15 bits per heavy atom. The summed E-state index contributed by atoms with van der Waals surface area (Å²) in [6, 6.07) is 7.88. The molecule has 1 atom stereocenters. The number of amides is 1. The van der Waals surface area contributed by atoms with Crippen LogP contribution in [0.1, 0.15) is 29.6 Å². The van der Waals surface area contributed by atoms with Gasteiger partial charge in [-0.2, -0.15) is 0 Å². The van der Waals surface area contributed by atoms with Crippen LogP contribution in [0, 0.1) is 5.92 Å². The fraction of sp³-hybridized carbons (Fsp3) is 0.562. The molecule has 1 aromatic carbocycles. The summed E-state index contributed by atoms with van der Waals surface area (Å²) in [5, 5.41) is 0. The Morgan fingerprint density at radius 3 is 2.80 bits per heavy atom. The molecule has 2 fully saturated rings. The van der Waals surface area contributed by atoms with Gasteiger partial charge in [-0.15, -0.1) is 0 Å². The van der Waals surface area contributed by atoms with Gasteiger partial charge in [0.15, 0.2) is 0 Å². The van der Waals surface area contributed by atoms with Gasteiger partial charge in [-0.1, -0.05) is 12.1 Å². The summed E-state index contributed by atoms with van der Waals surface area (Å²) in [7, 11) is 1.61. The van der Waals surface area contributed by atoms with Crippen LogP contribution in [0.2, 0.25) is 0 Å². The number of ether oxygens (including phenoxy) is 2. The number of benzene rings is 1. The fourth-order valence-corrected chi connectivity index (χ4v) is 2.77. The molecule has 108 valence electrons. The molecule has 1 aliphatic heterocycles. The van der Waals surface area contributed by atoms with Gasteiger partial charge in [-0.3, -0.25) is 4.79 Å². The Hall–Kier alpha value is -1.55. The number of methoxy groups -OCH3 is 1. The number of carbonyl (C=O) groups excluding carboxylic acids is 1. The monoisotopic (exact) mass is 275 g/mol. The highest BCUT2D eigenvalue weighted by Gasteiger charge is 2.35. The van der Waals surface area contributed by atoms with Crippen molar-refractivity contribution in [3.63, 3.8) is 0 Å². The van der Waals surface area contributed by atoms with Gasteiger partial charge in [0.05, 0.1) is 19.3 Å². The van der Waals surface area contributed by atoms with Gasteiger partial charge in [-0.05, 0) is 31.4 Å². The van der Waals surface area contributed by atoms with Crippen molar-refractivity contribution in [3.8, 4) is 5.75 Å². The number of nitrogens with zero attached hydrogens (tertiary/aromatic N) is 1. The minimum atomic E-state index is 0.0943. The SMILES string of the molecule is COc1ccccc1C(=O)N(CC1CCOC1)C1CC1. The zero-order valence-corrected chi connectivity index (χ0v) is 11.9. The van der Waals surface area contributed by atoms with Gasteiger partial charge < -0.3 is 14.4 Å². The predicted octanol–water partition coefficient (Wildman–Crippen LogP) is 2.34. The Labute approximate surface area is 119 Å². The number of carbonyl (C=O) groups is 1. The minimum Gasteiger partial charge on any atom is -0.496 e. The average Bonchev–Trinajstić information content (AvgIpc) is 3.20. The van der Waals surface area contributed by atoms with E-state index in [1.54, 1.807) is 7.11 Å². The van der Waals surface area contributed by atoms with Crippen LogP contribution in [0.25, 0.3) is 0 Å². The summed E-state index contributed by atoms with van der Waals surface area (Å²) in [5.74, 6) is 1.23. The highest BCUT2D eigenvalue weighted by Crippen LogP contribution is 2.32. The second-order valence-corrected chi connectivity index (χ2v) is 5.62. The molecule has 2 aliphatic rings. The van der Waals surface area contributed by atoms with E-state index in [1.807, 2.05) is 29.2 Å². The molecule has 1 saturated heterocycles. The van der Waals surface area contributed by atoms with Crippen molar-refractivity contribution < 1.29 is 14.3 Å². The normalized spacial score (nSPS) is 21.8. The minimum absolute atomic E-state index is 0.0943. The van der Waals surface area contributed by atoms with E-state index in [4.69, 9.17) is 9.47 Å². The lowest BCUT2D eigenvalue weighted by atomic mass is 10.1. The van der Waals surface area contributed by atoms with Gasteiger partial charge in [-0.25, -0.2) is 0 Å². The first-order valence-electron chi connectivity index (χ1n) is 7.31. The van der Waals surface area contributed by atoms with E-state index < -0.39 is 0 Å². The highest BCUT2D eigenvalue weighted by molar-refractivity contribution is 5.97. The van der Waals surface area contributed by atoms with Crippen molar-refractivity contribution in [1.82, 2.24) is 4.90 Å². The van der Waals surface area contributed by atoms with Crippen LogP contribution in [-0.4, -0.2) is 43.7 Å². The highest BCUT2D eigenvalue weighted by atomic mass is 16.5. The van der Waals surface area contributed by atoms with E-state index in [0.717, 1.165) is 39.0 Å². The van der Waals surface area contributed by atoms with Gasteiger partial charge in [0, 0.05) is 25.1 Å². The van der Waals surface area contributed by atoms with Gasteiger partial charge in [0.25, 0.3) is 5.91 Å². The quantitative estimate of drug-likeness (QED) is 0.828. The summed E-state index contributed by atoms with van der Waals surface area (Å²) >= 11 is 0. The third-order valence-corrected chi connectivity index (χ3v) is 4.06. The lowest BCUT2D eigenvalue weighted by Crippen LogP contribution is -2.37. The van der Waals surface area contributed by atoms with E-state index in [-0.39, 0.29) is 5.91 Å². The van der Waals surface area contributed by atoms with Crippen LogP contribution in [0.4, 0.5) is 0 Å². The van der Waals surface area contributed by atoms with Crippen molar-refractivity contribution in [3.05, 3.63) is 29.8 Å². The standard InChI is InChI=1S/C16H21NO3/c1-19-15-5-3-2-4-14(15)16(18)17(13-6-7-13)10-12-8-9-20-11-12/h2-5,12-13H,6-11H2,1H3. The summed E-state index contributed by atoms with van der Waals surface area (Å²) < 4.78 is 10.7. The van der Waals surface area contributed by atoms with Crippen LogP contribution in [0.3, 0.4) is 0 Å². The zero-order chi connectivity index (χ0) is 13.9. The molecule has 1 amide bonds. The molecule has 0 radical (unpaired) electrons. The largest absolute Gasteiger partial charge is 0.496 e. The number of rotatable bonds is 5. The van der Waals surface area contributed by atoms with Gasteiger partial charge in [0.2, 0.25) is 0 Å². The smallest absolute Gasteiger partial charge is 0.257 e. The average molecular weight is 275 g/mol. The molecule has 0 bridgehead atoms. The summed E-state index contributed by atoms with van der Waals surface area (Å²) in [5.41, 5.74) is 0.667. The lowest BCUT2D eigenvalue weighted by molar-refractivity contribution is 0.0703. The summed E-state index contributed by atoms with van der Waals surface area (Å²) in [6.07, 6.45) is 3.30. The molecule has 0 N–H and O–H groups in total. The van der Waals surface area contributed by atoms with Gasteiger partial charge >= 0.3 is 0 Å². The molecule has 0 spiro atoms. The van der Waals surface area contributed by atoms with E-state index in [9.17, 15) is 4.79 Å². The molecule has 1 aromatic rings. The summed E-state index contributed by atoms with van der Waals surface area (Å²) in [6.45, 7) is 2.41. The third kappa shape index (κ3) is 2.80. The van der Waals surface area contributed by atoms with Crippen molar-refractivity contribution in [1.29, 1.82) is 0 Å². The van der Waals surface area contributed by atoms with Crippen LogP contribution in [0.5, 0.6) is 5.75 Å².